The van der Waals surface area contributed by atoms with Crippen LogP contribution in [0.15, 0.2) is 41.2 Å². The topological polar surface area (TPSA) is 116 Å². The van der Waals surface area contributed by atoms with Gasteiger partial charge in [-0.25, -0.2) is 14.5 Å². The van der Waals surface area contributed by atoms with Gasteiger partial charge in [-0.2, -0.15) is 5.10 Å². The van der Waals surface area contributed by atoms with Crippen molar-refractivity contribution in [1.82, 2.24) is 20.2 Å². The van der Waals surface area contributed by atoms with Crippen molar-refractivity contribution < 1.29 is 14.2 Å². The van der Waals surface area contributed by atoms with Crippen LogP contribution in [0.4, 0.5) is 10.3 Å². The average Bonchev–Trinajstić information content (AvgIpc) is 3.03. The smallest absolute Gasteiger partial charge is 0.272 e. The lowest BCUT2D eigenvalue weighted by Crippen LogP contribution is -2.20. The number of nitrogens with one attached hydrogen (secondary N) is 3. The first-order chi connectivity index (χ1) is 12.5. The Hall–Kier alpha value is -3.30. The van der Waals surface area contributed by atoms with Crippen LogP contribution in [0.25, 0.3) is 33.1 Å². The summed E-state index contributed by atoms with van der Waals surface area (Å²) in [6, 6.07) is 9.25. The number of aromatic amines is 2. The zero-order valence-corrected chi connectivity index (χ0v) is 13.6. The maximum absolute atomic E-state index is 13.7. The molecule has 0 saturated carbocycles. The van der Waals surface area contributed by atoms with E-state index in [-0.39, 0.29) is 5.56 Å². The number of rotatable bonds is 4. The number of aromatic nitrogens is 4. The first-order valence-corrected chi connectivity index (χ1v) is 7.70. The van der Waals surface area contributed by atoms with E-state index in [4.69, 9.17) is 4.74 Å². The largest absolute Gasteiger partial charge is 0.351 e. The molecule has 132 valence electrons. The van der Waals surface area contributed by atoms with E-state index in [0.717, 1.165) is 5.52 Å². The first-order valence-electron chi connectivity index (χ1n) is 7.70. The van der Waals surface area contributed by atoms with E-state index in [2.05, 4.69) is 25.5 Å². The van der Waals surface area contributed by atoms with Crippen LogP contribution >= 0.6 is 0 Å². The summed E-state index contributed by atoms with van der Waals surface area (Å²) in [6.45, 7) is 0. The summed E-state index contributed by atoms with van der Waals surface area (Å²) < 4.78 is 18.4. The number of nitrogens with zero attached hydrogens (tertiary/aromatic N) is 2. The Morgan fingerprint density at radius 1 is 1.23 bits per heavy atom. The molecule has 2 heterocycles. The molecule has 9 heteroatoms. The van der Waals surface area contributed by atoms with Gasteiger partial charge in [0.2, 0.25) is 12.4 Å². The van der Waals surface area contributed by atoms with E-state index in [1.165, 1.54) is 25.3 Å². The molecule has 4 rings (SSSR count). The first kappa shape index (κ1) is 16.2. The molecule has 8 nitrogen and oxygen atoms in total. The van der Waals surface area contributed by atoms with Crippen molar-refractivity contribution in [2.75, 3.05) is 12.4 Å². The number of aliphatic hydroxyl groups excluding tert-OH is 1. The summed E-state index contributed by atoms with van der Waals surface area (Å²) in [4.78, 5) is 19.2. The molecule has 1 unspecified atom stereocenters. The highest BCUT2D eigenvalue weighted by Gasteiger charge is 2.12. The second kappa shape index (κ2) is 6.21. The van der Waals surface area contributed by atoms with Crippen LogP contribution in [0, 0.1) is 5.82 Å². The maximum atomic E-state index is 13.7. The van der Waals surface area contributed by atoms with Gasteiger partial charge in [0.05, 0.1) is 22.1 Å². The third-order valence-corrected chi connectivity index (χ3v) is 3.99. The van der Waals surface area contributed by atoms with Gasteiger partial charge in [-0.3, -0.25) is 4.79 Å². The van der Waals surface area contributed by atoms with Crippen LogP contribution in [0.2, 0.25) is 0 Å². The molecule has 1 atom stereocenters. The van der Waals surface area contributed by atoms with E-state index in [1.54, 1.807) is 18.2 Å². The van der Waals surface area contributed by atoms with E-state index in [1.807, 2.05) is 0 Å². The number of ether oxygens (including phenoxy) is 1. The van der Waals surface area contributed by atoms with Crippen LogP contribution < -0.4 is 10.9 Å². The minimum Gasteiger partial charge on any atom is -0.351 e. The van der Waals surface area contributed by atoms with Crippen molar-refractivity contribution >= 4 is 27.8 Å². The van der Waals surface area contributed by atoms with Crippen molar-refractivity contribution in [2.45, 2.75) is 6.41 Å². The standard InChI is InChI=1S/C17H14FN5O3/c1-26-17(25)21-16-19-12-5-2-8(6-13(12)20-16)14-11-7-9(18)3-4-10(11)15(24)23-22-14/h2-7,17,25H,1H3,(H,23,24)(H2,19,20,21). The summed E-state index contributed by atoms with van der Waals surface area (Å²) >= 11 is 0. The molecule has 0 aliphatic rings. The Kier molecular flexibility index (Phi) is 3.86. The normalized spacial score (nSPS) is 12.6. The molecule has 4 aromatic rings. The van der Waals surface area contributed by atoms with Gasteiger partial charge in [-0.05, 0) is 30.3 Å². The van der Waals surface area contributed by atoms with Gasteiger partial charge in [0.15, 0.2) is 0 Å². The Labute approximate surface area is 145 Å². The van der Waals surface area contributed by atoms with Crippen LogP contribution in [-0.2, 0) is 4.74 Å². The van der Waals surface area contributed by atoms with Crippen LogP contribution in [-0.4, -0.2) is 38.8 Å². The SMILES string of the molecule is COC(O)Nc1nc2cc(-c3n[nH]c(=O)c4ccc(F)cc34)ccc2[nH]1. The van der Waals surface area contributed by atoms with Gasteiger partial charge in [-0.1, -0.05) is 6.07 Å². The fraction of sp³-hybridized carbons (Fsp3) is 0.118. The van der Waals surface area contributed by atoms with Gasteiger partial charge in [0.1, 0.15) is 5.82 Å². The minimum atomic E-state index is -1.19. The molecular weight excluding hydrogens is 341 g/mol. The molecule has 0 aliphatic heterocycles. The third-order valence-electron chi connectivity index (χ3n) is 3.99. The zero-order chi connectivity index (χ0) is 18.3. The lowest BCUT2D eigenvalue weighted by Gasteiger charge is -2.07. The van der Waals surface area contributed by atoms with Crippen molar-refractivity contribution in [3.05, 3.63) is 52.6 Å². The number of hydrogen-bond donors (Lipinski definition) is 4. The summed E-state index contributed by atoms with van der Waals surface area (Å²) in [6.07, 6.45) is -1.19. The molecule has 4 N–H and O–H groups in total. The number of imidazole rings is 1. The fourth-order valence-electron chi connectivity index (χ4n) is 2.75. The van der Waals surface area contributed by atoms with Crippen molar-refractivity contribution in [1.29, 1.82) is 0 Å². The van der Waals surface area contributed by atoms with Crippen molar-refractivity contribution in [3.63, 3.8) is 0 Å². The number of halogens is 1. The lowest BCUT2D eigenvalue weighted by atomic mass is 10.0. The van der Waals surface area contributed by atoms with Crippen LogP contribution in [0.3, 0.4) is 0 Å². The van der Waals surface area contributed by atoms with E-state index >= 15 is 0 Å². The summed E-state index contributed by atoms with van der Waals surface area (Å²) in [7, 11) is 1.35. The zero-order valence-electron chi connectivity index (χ0n) is 13.6. The molecule has 0 spiro atoms. The van der Waals surface area contributed by atoms with Crippen molar-refractivity contribution in [2.24, 2.45) is 0 Å². The van der Waals surface area contributed by atoms with Crippen LogP contribution in [0.1, 0.15) is 0 Å². The molecule has 0 aliphatic carbocycles. The lowest BCUT2D eigenvalue weighted by molar-refractivity contribution is -0.0514. The van der Waals surface area contributed by atoms with Gasteiger partial charge >= 0.3 is 0 Å². The van der Waals surface area contributed by atoms with Gasteiger partial charge in [-0.15, -0.1) is 0 Å². The Bertz CT molecular complexity index is 1170. The Morgan fingerprint density at radius 2 is 2.08 bits per heavy atom. The third kappa shape index (κ3) is 2.79. The van der Waals surface area contributed by atoms with Crippen LogP contribution in [0.5, 0.6) is 0 Å². The second-order valence-electron chi connectivity index (χ2n) is 5.64. The van der Waals surface area contributed by atoms with Gasteiger partial charge < -0.3 is 20.1 Å². The second-order valence-corrected chi connectivity index (χ2v) is 5.64. The number of anilines is 1. The average molecular weight is 355 g/mol. The fourth-order valence-corrected chi connectivity index (χ4v) is 2.75. The predicted molar refractivity (Wildman–Crippen MR) is 94.0 cm³/mol. The molecular formula is C17H14FN5O3. The van der Waals surface area contributed by atoms with Gasteiger partial charge in [0.25, 0.3) is 5.56 Å². The number of methoxy groups -OCH3 is 1. The number of hydrogen-bond acceptors (Lipinski definition) is 6. The number of aliphatic hydroxyl groups is 1. The quantitative estimate of drug-likeness (QED) is 0.416. The summed E-state index contributed by atoms with van der Waals surface area (Å²) in [5.74, 6) is -0.121. The molecule has 0 radical (unpaired) electrons. The van der Waals surface area contributed by atoms with Crippen molar-refractivity contribution in [3.8, 4) is 11.3 Å². The number of H-pyrrole nitrogens is 2. The Balaban J connectivity index is 1.84. The molecule has 0 fully saturated rings. The molecule has 26 heavy (non-hydrogen) atoms. The molecule has 0 bridgehead atoms. The molecule has 0 amide bonds. The van der Waals surface area contributed by atoms with E-state index in [0.29, 0.717) is 33.5 Å². The highest BCUT2D eigenvalue weighted by atomic mass is 19.1. The molecule has 2 aromatic carbocycles. The van der Waals surface area contributed by atoms with E-state index < -0.39 is 12.2 Å². The summed E-state index contributed by atoms with van der Waals surface area (Å²) in [5, 5.41) is 19.4. The van der Waals surface area contributed by atoms with E-state index in [9.17, 15) is 14.3 Å². The summed E-state index contributed by atoms with van der Waals surface area (Å²) in [5.41, 5.74) is 2.04. The predicted octanol–water partition coefficient (Wildman–Crippen LogP) is 1.94. The minimum absolute atomic E-state index is 0.330. The maximum Gasteiger partial charge on any atom is 0.272 e. The Morgan fingerprint density at radius 3 is 2.88 bits per heavy atom. The molecule has 2 aromatic heterocycles. The highest BCUT2D eigenvalue weighted by Crippen LogP contribution is 2.27. The molecule has 0 saturated heterocycles. The number of benzene rings is 2. The highest BCUT2D eigenvalue weighted by molar-refractivity contribution is 5.95. The monoisotopic (exact) mass is 355 g/mol. The number of fused-ring (bicyclic) bond motifs is 2. The van der Waals surface area contributed by atoms with Gasteiger partial charge in [0, 0.05) is 18.1 Å².